The largest absolute Gasteiger partial charge is 0.0628 e. The Balaban J connectivity index is 2.18. The Bertz CT molecular complexity index is 126. The molecule has 13 heavy (non-hydrogen) atoms. The van der Waals surface area contributed by atoms with E-state index in [-0.39, 0.29) is 0 Å². The molecule has 2 unspecified atom stereocenters. The predicted molar refractivity (Wildman–Crippen MR) is 59.8 cm³/mol. The maximum atomic E-state index is 2.42. The Labute approximate surface area is 84.1 Å². The highest BCUT2D eigenvalue weighted by Gasteiger charge is 2.15. The molecule has 2 atom stereocenters. The Morgan fingerprint density at radius 1 is 1.08 bits per heavy atom. The minimum atomic E-state index is 0.903. The van der Waals surface area contributed by atoms with E-state index in [2.05, 4.69) is 20.8 Å². The fraction of sp³-hybridized carbons (Fsp3) is 1.00. The first-order valence-electron chi connectivity index (χ1n) is 6.18. The monoisotopic (exact) mass is 182 g/mol. The smallest absolute Gasteiger partial charge is 0.0414 e. The van der Waals surface area contributed by atoms with Gasteiger partial charge in [0.2, 0.25) is 0 Å². The molecule has 0 radical (unpaired) electrons. The summed E-state index contributed by atoms with van der Waals surface area (Å²) in [6, 6.07) is 0. The Kier molecular flexibility index (Phi) is 4.83. The van der Waals surface area contributed by atoms with E-state index in [1.54, 1.807) is 0 Å². The van der Waals surface area contributed by atoms with Crippen LogP contribution in [0.25, 0.3) is 0 Å². The van der Waals surface area contributed by atoms with Crippen LogP contribution in [0.5, 0.6) is 0 Å². The van der Waals surface area contributed by atoms with Crippen molar-refractivity contribution in [2.45, 2.75) is 65.7 Å². The number of hydrogen-bond acceptors (Lipinski definition) is 0. The summed E-state index contributed by atoms with van der Waals surface area (Å²) in [5.41, 5.74) is 0. The van der Waals surface area contributed by atoms with Gasteiger partial charge in [0.1, 0.15) is 0 Å². The lowest BCUT2D eigenvalue weighted by atomic mass is 9.91. The molecule has 0 aromatic carbocycles. The van der Waals surface area contributed by atoms with Crippen LogP contribution in [-0.4, -0.2) is 0 Å². The van der Waals surface area contributed by atoms with Crippen molar-refractivity contribution in [1.82, 2.24) is 0 Å². The van der Waals surface area contributed by atoms with Gasteiger partial charge in [-0.3, -0.25) is 0 Å². The first-order chi connectivity index (χ1) is 6.18. The first-order valence-corrected chi connectivity index (χ1v) is 6.18. The van der Waals surface area contributed by atoms with Crippen LogP contribution in [0.4, 0.5) is 0 Å². The molecule has 0 bridgehead atoms. The van der Waals surface area contributed by atoms with Gasteiger partial charge in [0.05, 0.1) is 0 Å². The third kappa shape index (κ3) is 4.69. The molecule has 1 fully saturated rings. The van der Waals surface area contributed by atoms with Gasteiger partial charge in [0, 0.05) is 0 Å². The number of hydrogen-bond donors (Lipinski definition) is 0. The lowest BCUT2D eigenvalue weighted by Crippen LogP contribution is -2.01. The van der Waals surface area contributed by atoms with Crippen LogP contribution < -0.4 is 0 Å². The van der Waals surface area contributed by atoms with Crippen molar-refractivity contribution in [2.24, 2.45) is 17.8 Å². The van der Waals surface area contributed by atoms with Gasteiger partial charge in [-0.25, -0.2) is 0 Å². The second-order valence-corrected chi connectivity index (χ2v) is 5.45. The van der Waals surface area contributed by atoms with Crippen LogP contribution in [0.3, 0.4) is 0 Å². The fourth-order valence-electron chi connectivity index (χ4n) is 2.42. The molecular formula is C13H26. The summed E-state index contributed by atoms with van der Waals surface area (Å²) in [6.07, 6.45) is 10.4. The van der Waals surface area contributed by atoms with Crippen LogP contribution in [0.1, 0.15) is 65.7 Å². The van der Waals surface area contributed by atoms with Gasteiger partial charge in [0.25, 0.3) is 0 Å². The zero-order valence-corrected chi connectivity index (χ0v) is 9.68. The minimum absolute atomic E-state index is 0.903. The molecule has 0 heteroatoms. The van der Waals surface area contributed by atoms with Crippen LogP contribution in [-0.2, 0) is 0 Å². The molecule has 1 saturated carbocycles. The Morgan fingerprint density at radius 3 is 2.54 bits per heavy atom. The van der Waals surface area contributed by atoms with E-state index in [0.717, 1.165) is 17.8 Å². The van der Waals surface area contributed by atoms with Crippen LogP contribution in [0.15, 0.2) is 0 Å². The van der Waals surface area contributed by atoms with E-state index >= 15 is 0 Å². The molecule has 0 spiro atoms. The highest BCUT2D eigenvalue weighted by Crippen LogP contribution is 2.30. The predicted octanol–water partition coefficient (Wildman–Crippen LogP) is 4.64. The van der Waals surface area contributed by atoms with Crippen LogP contribution in [0, 0.1) is 17.8 Å². The number of rotatable bonds is 3. The van der Waals surface area contributed by atoms with Gasteiger partial charge >= 0.3 is 0 Å². The van der Waals surface area contributed by atoms with Crippen LogP contribution in [0.2, 0.25) is 0 Å². The summed E-state index contributed by atoms with van der Waals surface area (Å²) in [5.74, 6) is 2.97. The summed E-state index contributed by atoms with van der Waals surface area (Å²) in [7, 11) is 0. The lowest BCUT2D eigenvalue weighted by molar-refractivity contribution is 0.379. The van der Waals surface area contributed by atoms with E-state index in [4.69, 9.17) is 0 Å². The summed E-state index contributed by atoms with van der Waals surface area (Å²) in [4.78, 5) is 0. The van der Waals surface area contributed by atoms with Gasteiger partial charge in [0.15, 0.2) is 0 Å². The highest BCUT2D eigenvalue weighted by atomic mass is 14.2. The Morgan fingerprint density at radius 2 is 1.85 bits per heavy atom. The maximum absolute atomic E-state index is 2.42. The summed E-state index contributed by atoms with van der Waals surface area (Å²) < 4.78 is 0. The van der Waals surface area contributed by atoms with E-state index in [1.165, 1.54) is 44.9 Å². The molecule has 1 rings (SSSR count). The van der Waals surface area contributed by atoms with E-state index in [1.807, 2.05) is 0 Å². The topological polar surface area (TPSA) is 0 Å². The van der Waals surface area contributed by atoms with Crippen molar-refractivity contribution < 1.29 is 0 Å². The van der Waals surface area contributed by atoms with Gasteiger partial charge in [-0.2, -0.15) is 0 Å². The average Bonchev–Trinajstić information content (AvgIpc) is 2.27. The van der Waals surface area contributed by atoms with Gasteiger partial charge in [-0.1, -0.05) is 65.7 Å². The Hall–Kier alpha value is 0. The highest BCUT2D eigenvalue weighted by molar-refractivity contribution is 4.68. The molecule has 0 aliphatic heterocycles. The molecule has 0 saturated heterocycles. The zero-order valence-electron chi connectivity index (χ0n) is 9.68. The molecule has 0 aromatic heterocycles. The molecular weight excluding hydrogens is 156 g/mol. The lowest BCUT2D eigenvalue weighted by Gasteiger charge is -2.15. The molecule has 0 heterocycles. The van der Waals surface area contributed by atoms with Crippen molar-refractivity contribution in [3.63, 3.8) is 0 Å². The summed E-state index contributed by atoms with van der Waals surface area (Å²) in [5, 5.41) is 0. The molecule has 0 amide bonds. The molecule has 0 nitrogen and oxygen atoms in total. The SMILES string of the molecule is CC(C)CCC1CCCC(C)CC1. The third-order valence-corrected chi connectivity index (χ3v) is 3.53. The van der Waals surface area contributed by atoms with Gasteiger partial charge in [-0.15, -0.1) is 0 Å². The maximum Gasteiger partial charge on any atom is -0.0414 e. The minimum Gasteiger partial charge on any atom is -0.0628 e. The van der Waals surface area contributed by atoms with Crippen LogP contribution >= 0.6 is 0 Å². The average molecular weight is 182 g/mol. The second-order valence-electron chi connectivity index (χ2n) is 5.45. The van der Waals surface area contributed by atoms with Gasteiger partial charge < -0.3 is 0 Å². The standard InChI is InChI=1S/C13H26/c1-11(2)7-9-13-6-4-5-12(3)8-10-13/h11-13H,4-10H2,1-3H3. The van der Waals surface area contributed by atoms with Crippen molar-refractivity contribution >= 4 is 0 Å². The third-order valence-electron chi connectivity index (χ3n) is 3.53. The second kappa shape index (κ2) is 5.67. The molecule has 0 aromatic rings. The summed E-state index contributed by atoms with van der Waals surface area (Å²) in [6.45, 7) is 7.11. The zero-order chi connectivity index (χ0) is 9.68. The summed E-state index contributed by atoms with van der Waals surface area (Å²) >= 11 is 0. The molecule has 0 N–H and O–H groups in total. The quantitative estimate of drug-likeness (QED) is 0.558. The van der Waals surface area contributed by atoms with E-state index in [0.29, 0.717) is 0 Å². The first kappa shape index (κ1) is 11.1. The molecule has 1 aliphatic rings. The van der Waals surface area contributed by atoms with E-state index in [9.17, 15) is 0 Å². The van der Waals surface area contributed by atoms with Crippen molar-refractivity contribution in [3.05, 3.63) is 0 Å². The van der Waals surface area contributed by atoms with Crippen molar-refractivity contribution in [1.29, 1.82) is 0 Å². The van der Waals surface area contributed by atoms with Gasteiger partial charge in [-0.05, 0) is 17.8 Å². The molecule has 1 aliphatic carbocycles. The van der Waals surface area contributed by atoms with E-state index < -0.39 is 0 Å². The molecule has 78 valence electrons. The van der Waals surface area contributed by atoms with Crippen molar-refractivity contribution in [2.75, 3.05) is 0 Å². The fourth-order valence-corrected chi connectivity index (χ4v) is 2.42. The van der Waals surface area contributed by atoms with Crippen molar-refractivity contribution in [3.8, 4) is 0 Å². The normalized spacial score (nSPS) is 30.5.